The van der Waals surface area contributed by atoms with Crippen LogP contribution in [0.2, 0.25) is 0 Å². The van der Waals surface area contributed by atoms with Gasteiger partial charge in [-0.2, -0.15) is 0 Å². The number of fused-ring (bicyclic) bond motifs is 1. The smallest absolute Gasteiger partial charge is 0.261 e. The van der Waals surface area contributed by atoms with Gasteiger partial charge in [-0.05, 0) is 55.3 Å². The van der Waals surface area contributed by atoms with Gasteiger partial charge in [0.1, 0.15) is 6.54 Å². The minimum absolute atomic E-state index is 0.0836. The van der Waals surface area contributed by atoms with Crippen LogP contribution in [0.5, 0.6) is 0 Å². The van der Waals surface area contributed by atoms with E-state index in [-0.39, 0.29) is 17.0 Å². The van der Waals surface area contributed by atoms with E-state index < -0.39 is 15.9 Å². The molecule has 8 nitrogen and oxygen atoms in total. The average Bonchev–Trinajstić information content (AvgIpc) is 2.67. The standard InChI is InChI=1S/C20H21BrN4O4S/c1-12-7-15(30(28,29)24(3)4)9-18(13(12)2)23-19(26)10-25-11-22-17-6-5-14(21)8-16(17)20(25)27/h5-9,11H,10H2,1-4H3,(H,23,26). The summed E-state index contributed by atoms with van der Waals surface area (Å²) in [6.45, 7) is 3.31. The fourth-order valence-electron chi connectivity index (χ4n) is 2.90. The van der Waals surface area contributed by atoms with Crippen LogP contribution < -0.4 is 10.9 Å². The summed E-state index contributed by atoms with van der Waals surface area (Å²) in [5, 5.41) is 3.11. The van der Waals surface area contributed by atoms with Crippen LogP contribution in [0.15, 0.2) is 50.8 Å². The van der Waals surface area contributed by atoms with E-state index in [1.807, 2.05) is 0 Å². The Hall–Kier alpha value is -2.56. The summed E-state index contributed by atoms with van der Waals surface area (Å²) in [5.41, 5.74) is 2.04. The van der Waals surface area contributed by atoms with Crippen molar-refractivity contribution < 1.29 is 13.2 Å². The number of nitrogens with zero attached hydrogens (tertiary/aromatic N) is 3. The minimum Gasteiger partial charge on any atom is -0.324 e. The van der Waals surface area contributed by atoms with Crippen LogP contribution in [0.3, 0.4) is 0 Å². The van der Waals surface area contributed by atoms with Crippen molar-refractivity contribution in [2.45, 2.75) is 25.3 Å². The molecule has 3 rings (SSSR count). The fraction of sp³-hybridized carbons (Fsp3) is 0.250. The van der Waals surface area contributed by atoms with Crippen LogP contribution >= 0.6 is 15.9 Å². The Morgan fingerprint density at radius 2 is 1.90 bits per heavy atom. The third kappa shape index (κ3) is 4.30. The average molecular weight is 493 g/mol. The molecule has 0 aliphatic carbocycles. The van der Waals surface area contributed by atoms with Gasteiger partial charge >= 0.3 is 0 Å². The summed E-state index contributed by atoms with van der Waals surface area (Å²) in [6.07, 6.45) is 1.32. The number of sulfonamides is 1. The molecule has 10 heteroatoms. The van der Waals surface area contributed by atoms with Gasteiger partial charge in [-0.15, -0.1) is 0 Å². The van der Waals surface area contributed by atoms with E-state index >= 15 is 0 Å². The topological polar surface area (TPSA) is 101 Å². The van der Waals surface area contributed by atoms with Gasteiger partial charge in [0.2, 0.25) is 15.9 Å². The Morgan fingerprint density at radius 1 is 1.20 bits per heavy atom. The molecule has 0 saturated heterocycles. The molecule has 0 fully saturated rings. The van der Waals surface area contributed by atoms with Gasteiger partial charge in [0.25, 0.3) is 5.56 Å². The molecule has 0 saturated carbocycles. The Kier molecular flexibility index (Phi) is 6.11. The molecule has 3 aromatic rings. The molecular weight excluding hydrogens is 472 g/mol. The van der Waals surface area contributed by atoms with Crippen molar-refractivity contribution in [1.82, 2.24) is 13.9 Å². The van der Waals surface area contributed by atoms with Gasteiger partial charge in [0, 0.05) is 24.3 Å². The van der Waals surface area contributed by atoms with Crippen molar-refractivity contribution in [3.05, 3.63) is 62.6 Å². The third-order valence-electron chi connectivity index (χ3n) is 4.79. The lowest BCUT2D eigenvalue weighted by Crippen LogP contribution is -2.28. The van der Waals surface area contributed by atoms with Crippen LogP contribution in [0.25, 0.3) is 10.9 Å². The highest BCUT2D eigenvalue weighted by Crippen LogP contribution is 2.25. The fourth-order valence-corrected chi connectivity index (χ4v) is 4.28. The number of anilines is 1. The first-order valence-electron chi connectivity index (χ1n) is 8.99. The molecule has 0 unspecified atom stereocenters. The van der Waals surface area contributed by atoms with Crippen molar-refractivity contribution in [2.24, 2.45) is 0 Å². The second-order valence-electron chi connectivity index (χ2n) is 7.09. The number of aromatic nitrogens is 2. The molecule has 1 amide bonds. The Morgan fingerprint density at radius 3 is 2.57 bits per heavy atom. The van der Waals surface area contributed by atoms with Gasteiger partial charge in [-0.3, -0.25) is 14.2 Å². The van der Waals surface area contributed by atoms with Gasteiger partial charge in [0.05, 0.1) is 22.1 Å². The molecule has 0 spiro atoms. The van der Waals surface area contributed by atoms with Gasteiger partial charge in [-0.25, -0.2) is 17.7 Å². The summed E-state index contributed by atoms with van der Waals surface area (Å²) >= 11 is 3.33. The van der Waals surface area contributed by atoms with Crippen LogP contribution in [0, 0.1) is 13.8 Å². The normalized spacial score (nSPS) is 11.8. The molecule has 0 atom stereocenters. The van der Waals surface area contributed by atoms with Crippen molar-refractivity contribution in [2.75, 3.05) is 19.4 Å². The zero-order valence-electron chi connectivity index (χ0n) is 16.9. The summed E-state index contributed by atoms with van der Waals surface area (Å²) < 4.78 is 28.0. The summed E-state index contributed by atoms with van der Waals surface area (Å²) in [5.74, 6) is -0.463. The molecule has 0 aliphatic rings. The third-order valence-corrected chi connectivity index (χ3v) is 7.08. The van der Waals surface area contributed by atoms with Crippen molar-refractivity contribution in [1.29, 1.82) is 0 Å². The molecule has 30 heavy (non-hydrogen) atoms. The Labute approximate surface area is 182 Å². The lowest BCUT2D eigenvalue weighted by molar-refractivity contribution is -0.116. The second-order valence-corrected chi connectivity index (χ2v) is 10.2. The first-order valence-corrected chi connectivity index (χ1v) is 11.2. The number of aryl methyl sites for hydroxylation is 1. The number of nitrogens with one attached hydrogen (secondary N) is 1. The number of halogens is 1. The highest BCUT2D eigenvalue weighted by molar-refractivity contribution is 9.10. The largest absolute Gasteiger partial charge is 0.324 e. The number of amides is 1. The monoisotopic (exact) mass is 492 g/mol. The zero-order chi connectivity index (χ0) is 22.2. The van der Waals surface area contributed by atoms with Crippen molar-refractivity contribution >= 4 is 48.5 Å². The van der Waals surface area contributed by atoms with Crippen LogP contribution in [0.4, 0.5) is 5.69 Å². The predicted octanol–water partition coefficient (Wildman–Crippen LogP) is 2.66. The van der Waals surface area contributed by atoms with Crippen LogP contribution in [0.1, 0.15) is 11.1 Å². The second kappa shape index (κ2) is 8.29. The van der Waals surface area contributed by atoms with Gasteiger partial charge in [-0.1, -0.05) is 15.9 Å². The number of benzene rings is 2. The summed E-state index contributed by atoms with van der Waals surface area (Å²) in [7, 11) is -0.767. The lowest BCUT2D eigenvalue weighted by atomic mass is 10.1. The van der Waals surface area contributed by atoms with Crippen molar-refractivity contribution in [3.63, 3.8) is 0 Å². The predicted molar refractivity (Wildman–Crippen MR) is 119 cm³/mol. The van der Waals surface area contributed by atoms with E-state index in [4.69, 9.17) is 0 Å². The number of rotatable bonds is 5. The van der Waals surface area contributed by atoms with E-state index in [9.17, 15) is 18.0 Å². The first-order chi connectivity index (χ1) is 14.0. The van der Waals surface area contributed by atoms with E-state index in [2.05, 4.69) is 26.2 Å². The zero-order valence-corrected chi connectivity index (χ0v) is 19.3. The van der Waals surface area contributed by atoms with E-state index in [1.165, 1.54) is 31.1 Å². The highest BCUT2D eigenvalue weighted by atomic mass is 79.9. The summed E-state index contributed by atoms with van der Waals surface area (Å²) in [4.78, 5) is 29.6. The first kappa shape index (κ1) is 22.1. The number of carbonyl (C=O) groups is 1. The molecule has 1 N–H and O–H groups in total. The quantitative estimate of drug-likeness (QED) is 0.589. The highest BCUT2D eigenvalue weighted by Gasteiger charge is 2.20. The molecular formula is C20H21BrN4O4S. The number of hydrogen-bond donors (Lipinski definition) is 1. The molecule has 158 valence electrons. The van der Waals surface area contributed by atoms with E-state index in [0.717, 1.165) is 19.9 Å². The Bertz CT molecular complexity index is 1320. The summed E-state index contributed by atoms with van der Waals surface area (Å²) in [6, 6.07) is 8.14. The van der Waals surface area contributed by atoms with E-state index in [0.29, 0.717) is 16.6 Å². The number of hydrogen-bond acceptors (Lipinski definition) is 5. The molecule has 1 heterocycles. The molecule has 0 bridgehead atoms. The van der Waals surface area contributed by atoms with Crippen molar-refractivity contribution in [3.8, 4) is 0 Å². The molecule has 2 aromatic carbocycles. The number of carbonyl (C=O) groups excluding carboxylic acids is 1. The maximum absolute atomic E-state index is 12.7. The SMILES string of the molecule is Cc1cc(S(=O)(=O)N(C)C)cc(NC(=O)Cn2cnc3ccc(Br)cc3c2=O)c1C. The van der Waals surface area contributed by atoms with Gasteiger partial charge < -0.3 is 5.32 Å². The Balaban J connectivity index is 1.92. The maximum atomic E-state index is 12.7. The van der Waals surface area contributed by atoms with Crippen LogP contribution in [-0.2, 0) is 21.4 Å². The van der Waals surface area contributed by atoms with Crippen LogP contribution in [-0.4, -0.2) is 42.3 Å². The molecule has 0 aliphatic heterocycles. The molecule has 0 radical (unpaired) electrons. The minimum atomic E-state index is -3.66. The maximum Gasteiger partial charge on any atom is 0.261 e. The van der Waals surface area contributed by atoms with Gasteiger partial charge in [0.15, 0.2) is 0 Å². The van der Waals surface area contributed by atoms with E-state index in [1.54, 1.807) is 38.1 Å². The lowest BCUT2D eigenvalue weighted by Gasteiger charge is -2.16. The molecule has 1 aromatic heterocycles.